The number of aryl methyl sites for hydroxylation is 3. The highest BCUT2D eigenvalue weighted by molar-refractivity contribution is 7.18. The summed E-state index contributed by atoms with van der Waals surface area (Å²) in [5.41, 5.74) is 3.52. The first-order valence-corrected chi connectivity index (χ1v) is 10.6. The standard InChI is InChI=1S/C23H24N4S/c1-3-21-26-22(19-15-16(2)28-23(19)27-21)25-14-6-7-17-9-11-18(12-10-17)20-8-4-5-13-24-20/h4-5,8-13,15H,3,6-7,14H2,1-2H3,(H,25,26,27). The third-order valence-corrected chi connectivity index (χ3v) is 5.67. The van der Waals surface area contributed by atoms with E-state index in [1.54, 1.807) is 11.3 Å². The molecule has 4 aromatic rings. The highest BCUT2D eigenvalue weighted by atomic mass is 32.1. The van der Waals surface area contributed by atoms with E-state index in [1.807, 2.05) is 24.4 Å². The van der Waals surface area contributed by atoms with Crippen molar-refractivity contribution in [3.8, 4) is 11.3 Å². The van der Waals surface area contributed by atoms with Crippen LogP contribution in [0.25, 0.3) is 21.5 Å². The van der Waals surface area contributed by atoms with Crippen LogP contribution in [-0.2, 0) is 12.8 Å². The molecule has 0 bridgehead atoms. The molecule has 0 saturated heterocycles. The minimum atomic E-state index is 0.851. The number of fused-ring (bicyclic) bond motifs is 1. The quantitative estimate of drug-likeness (QED) is 0.415. The summed E-state index contributed by atoms with van der Waals surface area (Å²) in [4.78, 5) is 16.1. The molecule has 4 nitrogen and oxygen atoms in total. The normalized spacial score (nSPS) is 11.1. The molecule has 142 valence electrons. The molecule has 28 heavy (non-hydrogen) atoms. The Morgan fingerprint density at radius 3 is 2.64 bits per heavy atom. The molecule has 0 aliphatic rings. The number of anilines is 1. The summed E-state index contributed by atoms with van der Waals surface area (Å²) in [7, 11) is 0. The van der Waals surface area contributed by atoms with Gasteiger partial charge in [-0.05, 0) is 43.5 Å². The van der Waals surface area contributed by atoms with E-state index in [9.17, 15) is 0 Å². The third kappa shape index (κ3) is 4.20. The van der Waals surface area contributed by atoms with E-state index in [1.165, 1.54) is 10.4 Å². The minimum absolute atomic E-state index is 0.851. The first-order chi connectivity index (χ1) is 13.7. The SMILES string of the molecule is CCc1nc(NCCCc2ccc(-c3ccccn3)cc2)c2cc(C)sc2n1. The number of benzene rings is 1. The van der Waals surface area contributed by atoms with Crippen LogP contribution in [-0.4, -0.2) is 21.5 Å². The summed E-state index contributed by atoms with van der Waals surface area (Å²) in [5.74, 6) is 1.87. The molecule has 0 unspecified atom stereocenters. The predicted octanol–water partition coefficient (Wildman–Crippen LogP) is 5.67. The summed E-state index contributed by atoms with van der Waals surface area (Å²) in [5, 5.41) is 4.67. The summed E-state index contributed by atoms with van der Waals surface area (Å²) in [6.07, 6.45) is 4.77. The second-order valence-electron chi connectivity index (χ2n) is 6.86. The number of pyridine rings is 1. The van der Waals surface area contributed by atoms with Crippen LogP contribution in [0.2, 0.25) is 0 Å². The van der Waals surface area contributed by atoms with Gasteiger partial charge in [0.1, 0.15) is 16.5 Å². The van der Waals surface area contributed by atoms with E-state index in [2.05, 4.69) is 59.5 Å². The van der Waals surface area contributed by atoms with Crippen molar-refractivity contribution in [2.24, 2.45) is 0 Å². The van der Waals surface area contributed by atoms with Crippen molar-refractivity contribution >= 4 is 27.4 Å². The van der Waals surface area contributed by atoms with Gasteiger partial charge in [-0.25, -0.2) is 9.97 Å². The third-order valence-electron chi connectivity index (χ3n) is 4.73. The zero-order valence-corrected chi connectivity index (χ0v) is 17.1. The fraction of sp³-hybridized carbons (Fsp3) is 0.261. The minimum Gasteiger partial charge on any atom is -0.369 e. The van der Waals surface area contributed by atoms with E-state index in [0.717, 1.165) is 58.9 Å². The zero-order valence-electron chi connectivity index (χ0n) is 16.3. The van der Waals surface area contributed by atoms with Crippen LogP contribution in [0.1, 0.15) is 29.6 Å². The van der Waals surface area contributed by atoms with Crippen molar-refractivity contribution in [3.63, 3.8) is 0 Å². The molecule has 0 spiro atoms. The number of thiophene rings is 1. The number of aromatic nitrogens is 3. The lowest BCUT2D eigenvalue weighted by atomic mass is 10.1. The lowest BCUT2D eigenvalue weighted by molar-refractivity contribution is 0.855. The maximum absolute atomic E-state index is 4.70. The van der Waals surface area contributed by atoms with Gasteiger partial charge >= 0.3 is 0 Å². The van der Waals surface area contributed by atoms with Crippen LogP contribution in [0.3, 0.4) is 0 Å². The van der Waals surface area contributed by atoms with Crippen molar-refractivity contribution < 1.29 is 0 Å². The Morgan fingerprint density at radius 1 is 1.04 bits per heavy atom. The Kier molecular flexibility index (Phi) is 5.63. The Bertz CT molecular complexity index is 1060. The molecule has 0 saturated carbocycles. The average Bonchev–Trinajstić information content (AvgIpc) is 3.12. The molecular weight excluding hydrogens is 364 g/mol. The fourth-order valence-electron chi connectivity index (χ4n) is 3.25. The van der Waals surface area contributed by atoms with Crippen LogP contribution >= 0.6 is 11.3 Å². The molecule has 0 aliphatic heterocycles. The highest BCUT2D eigenvalue weighted by Crippen LogP contribution is 2.28. The van der Waals surface area contributed by atoms with Crippen LogP contribution in [0, 0.1) is 6.92 Å². The molecule has 3 aromatic heterocycles. The van der Waals surface area contributed by atoms with E-state index in [4.69, 9.17) is 4.98 Å². The van der Waals surface area contributed by atoms with Gasteiger partial charge in [-0.3, -0.25) is 4.98 Å². The molecule has 1 aromatic carbocycles. The Balaban J connectivity index is 1.36. The largest absolute Gasteiger partial charge is 0.369 e. The second kappa shape index (κ2) is 8.48. The van der Waals surface area contributed by atoms with Gasteiger partial charge in [-0.1, -0.05) is 37.3 Å². The van der Waals surface area contributed by atoms with Gasteiger partial charge in [0.15, 0.2) is 0 Å². The maximum atomic E-state index is 4.70. The van der Waals surface area contributed by atoms with Crippen molar-refractivity contribution in [3.05, 3.63) is 71.0 Å². The van der Waals surface area contributed by atoms with Crippen LogP contribution in [0.15, 0.2) is 54.7 Å². The zero-order chi connectivity index (χ0) is 19.3. The second-order valence-corrected chi connectivity index (χ2v) is 8.09. The van der Waals surface area contributed by atoms with Crippen molar-refractivity contribution in [1.29, 1.82) is 0 Å². The van der Waals surface area contributed by atoms with E-state index in [0.29, 0.717) is 0 Å². The molecule has 0 amide bonds. The van der Waals surface area contributed by atoms with Gasteiger partial charge in [0, 0.05) is 29.6 Å². The van der Waals surface area contributed by atoms with Crippen LogP contribution in [0.4, 0.5) is 5.82 Å². The molecule has 3 heterocycles. The lowest BCUT2D eigenvalue weighted by Gasteiger charge is -2.09. The fourth-order valence-corrected chi connectivity index (χ4v) is 4.15. The average molecular weight is 389 g/mol. The van der Waals surface area contributed by atoms with Crippen molar-refractivity contribution in [2.45, 2.75) is 33.1 Å². The lowest BCUT2D eigenvalue weighted by Crippen LogP contribution is -2.07. The molecule has 0 radical (unpaired) electrons. The van der Waals surface area contributed by atoms with E-state index >= 15 is 0 Å². The number of nitrogens with zero attached hydrogens (tertiary/aromatic N) is 3. The summed E-state index contributed by atoms with van der Waals surface area (Å²) < 4.78 is 0. The molecule has 0 fully saturated rings. The van der Waals surface area contributed by atoms with Gasteiger partial charge in [0.05, 0.1) is 11.1 Å². The van der Waals surface area contributed by atoms with E-state index < -0.39 is 0 Å². The van der Waals surface area contributed by atoms with Gasteiger partial charge in [0.2, 0.25) is 0 Å². The number of hydrogen-bond donors (Lipinski definition) is 1. The molecule has 0 aliphatic carbocycles. The van der Waals surface area contributed by atoms with Crippen LogP contribution in [0.5, 0.6) is 0 Å². The monoisotopic (exact) mass is 388 g/mol. The Morgan fingerprint density at radius 2 is 1.89 bits per heavy atom. The first-order valence-electron chi connectivity index (χ1n) is 9.74. The smallest absolute Gasteiger partial charge is 0.138 e. The predicted molar refractivity (Wildman–Crippen MR) is 118 cm³/mol. The molecular formula is C23H24N4S. The van der Waals surface area contributed by atoms with Gasteiger partial charge in [0.25, 0.3) is 0 Å². The number of nitrogens with one attached hydrogen (secondary N) is 1. The summed E-state index contributed by atoms with van der Waals surface area (Å²) in [6.45, 7) is 5.11. The van der Waals surface area contributed by atoms with Crippen LogP contribution < -0.4 is 5.32 Å². The summed E-state index contributed by atoms with van der Waals surface area (Å²) >= 11 is 1.74. The Hall–Kier alpha value is -2.79. The maximum Gasteiger partial charge on any atom is 0.138 e. The number of rotatable bonds is 7. The molecule has 4 rings (SSSR count). The topological polar surface area (TPSA) is 50.7 Å². The van der Waals surface area contributed by atoms with Gasteiger partial charge in [-0.2, -0.15) is 0 Å². The first kappa shape index (κ1) is 18.6. The highest BCUT2D eigenvalue weighted by Gasteiger charge is 2.09. The van der Waals surface area contributed by atoms with Crippen molar-refractivity contribution in [1.82, 2.24) is 15.0 Å². The van der Waals surface area contributed by atoms with Gasteiger partial charge in [-0.15, -0.1) is 11.3 Å². The molecule has 0 atom stereocenters. The molecule has 1 N–H and O–H groups in total. The van der Waals surface area contributed by atoms with Crippen molar-refractivity contribution in [2.75, 3.05) is 11.9 Å². The van der Waals surface area contributed by atoms with Gasteiger partial charge < -0.3 is 5.32 Å². The molecule has 5 heteroatoms. The number of hydrogen-bond acceptors (Lipinski definition) is 5. The Labute approximate surface area is 169 Å². The summed E-state index contributed by atoms with van der Waals surface area (Å²) in [6, 6.07) is 16.9. The van der Waals surface area contributed by atoms with E-state index in [-0.39, 0.29) is 0 Å².